The van der Waals surface area contributed by atoms with E-state index < -0.39 is 4.92 Å². The lowest BCUT2D eigenvalue weighted by Gasteiger charge is -2.04. The minimum atomic E-state index is -0.446. The molecule has 5 heteroatoms. The van der Waals surface area contributed by atoms with Crippen LogP contribution in [0.4, 0.5) is 5.69 Å². The topological polar surface area (TPSA) is 90.8 Å². The molecule has 0 bridgehead atoms. The fourth-order valence-electron chi connectivity index (χ4n) is 1.75. The lowest BCUT2D eigenvalue weighted by molar-refractivity contribution is -0.385. The van der Waals surface area contributed by atoms with Crippen LogP contribution in [0.3, 0.4) is 0 Å². The number of hydrogen-bond donors (Lipinski definition) is 2. The van der Waals surface area contributed by atoms with E-state index in [4.69, 9.17) is 10.8 Å². The molecule has 0 aromatic heterocycles. The van der Waals surface area contributed by atoms with Gasteiger partial charge in [0.2, 0.25) is 0 Å². The van der Waals surface area contributed by atoms with Gasteiger partial charge in [0.25, 0.3) is 5.69 Å². The summed E-state index contributed by atoms with van der Waals surface area (Å²) in [4.78, 5) is 10.4. The van der Waals surface area contributed by atoms with Crippen LogP contribution in [0.25, 0.3) is 0 Å². The van der Waals surface area contributed by atoms with Crippen molar-refractivity contribution in [1.82, 2.24) is 0 Å². The molecule has 0 saturated heterocycles. The summed E-state index contributed by atoms with van der Waals surface area (Å²) in [5.41, 5.74) is 0.730. The van der Waals surface area contributed by atoms with Crippen molar-refractivity contribution in [2.45, 2.75) is 32.1 Å². The minimum Gasteiger partial charge on any atom is -0.313 e. The van der Waals surface area contributed by atoms with Gasteiger partial charge in [-0.2, -0.15) is 0 Å². The maximum absolute atomic E-state index is 10.8. The number of nitrogens with zero attached hydrogens (tertiary/aromatic N) is 1. The zero-order valence-corrected chi connectivity index (χ0v) is 10.2. The molecule has 0 spiro atoms. The smallest absolute Gasteiger partial charge is 0.278 e. The Bertz CT molecular complexity index is 444. The van der Waals surface area contributed by atoms with Crippen molar-refractivity contribution in [1.29, 1.82) is 10.8 Å². The highest BCUT2D eigenvalue weighted by Gasteiger charge is 2.15. The number of unbranched alkanes of at least 4 members (excludes halogenated alkanes) is 3. The molecule has 0 amide bonds. The Morgan fingerprint density at radius 2 is 2.00 bits per heavy atom. The Morgan fingerprint density at radius 1 is 1.28 bits per heavy atom. The molecule has 0 radical (unpaired) electrons. The summed E-state index contributed by atoms with van der Waals surface area (Å²) in [5, 5.41) is 25.6. The maximum atomic E-state index is 10.8. The fraction of sp³-hybridized carbons (Fsp3) is 0.385. The summed E-state index contributed by atoms with van der Waals surface area (Å²) >= 11 is 0. The van der Waals surface area contributed by atoms with Crippen molar-refractivity contribution in [3.8, 4) is 0 Å². The maximum Gasteiger partial charge on any atom is 0.278 e. The predicted octanol–water partition coefficient (Wildman–Crippen LogP) is 3.56. The number of benzene rings is 1. The Labute approximate surface area is 106 Å². The summed E-state index contributed by atoms with van der Waals surface area (Å²) < 4.78 is 0. The molecule has 0 unspecified atom stereocenters. The molecule has 0 fully saturated rings. The van der Waals surface area contributed by atoms with Crippen molar-refractivity contribution in [3.63, 3.8) is 0 Å². The van der Waals surface area contributed by atoms with Gasteiger partial charge in [0.15, 0.2) is 0 Å². The van der Waals surface area contributed by atoms with E-state index in [1.54, 1.807) is 18.2 Å². The van der Waals surface area contributed by atoms with Gasteiger partial charge in [-0.3, -0.25) is 10.1 Å². The van der Waals surface area contributed by atoms with Crippen LogP contribution in [0.15, 0.2) is 24.3 Å². The molecule has 1 aromatic rings. The van der Waals surface area contributed by atoms with Gasteiger partial charge in [-0.05, 0) is 38.0 Å². The quantitative estimate of drug-likeness (QED) is 0.318. The van der Waals surface area contributed by atoms with Crippen LogP contribution < -0.4 is 0 Å². The highest BCUT2D eigenvalue weighted by atomic mass is 16.6. The van der Waals surface area contributed by atoms with E-state index >= 15 is 0 Å². The second-order valence-electron chi connectivity index (χ2n) is 4.06. The molecule has 18 heavy (non-hydrogen) atoms. The van der Waals surface area contributed by atoms with Crippen LogP contribution in [0, 0.1) is 20.9 Å². The SMILES string of the molecule is N=CCCCCCC(=N)c1ccccc1[N+](=O)[O-]. The highest BCUT2D eigenvalue weighted by Crippen LogP contribution is 2.20. The van der Waals surface area contributed by atoms with Crippen molar-refractivity contribution in [2.24, 2.45) is 0 Å². The molecule has 1 rings (SSSR count). The van der Waals surface area contributed by atoms with E-state index in [0.29, 0.717) is 17.7 Å². The first-order valence-electron chi connectivity index (χ1n) is 5.97. The van der Waals surface area contributed by atoms with E-state index in [9.17, 15) is 10.1 Å². The Kier molecular flexibility index (Phi) is 5.70. The molecular formula is C13H17N3O2. The summed E-state index contributed by atoms with van der Waals surface area (Å²) in [6, 6.07) is 6.38. The molecule has 2 N–H and O–H groups in total. The molecule has 0 aliphatic carbocycles. The normalized spacial score (nSPS) is 10.0. The average molecular weight is 247 g/mol. The standard InChI is InChI=1S/C13H17N3O2/c14-10-6-2-1-3-8-12(15)11-7-4-5-9-13(11)16(17)18/h4-5,7,9-10,14-15H,1-3,6,8H2. The van der Waals surface area contributed by atoms with Gasteiger partial charge in [-0.1, -0.05) is 18.6 Å². The Hall–Kier alpha value is -2.04. The van der Waals surface area contributed by atoms with Crippen LogP contribution in [0.1, 0.15) is 37.7 Å². The van der Waals surface area contributed by atoms with Crippen molar-refractivity contribution in [3.05, 3.63) is 39.9 Å². The molecule has 0 aliphatic heterocycles. The van der Waals surface area contributed by atoms with Gasteiger partial charge in [0, 0.05) is 11.8 Å². The first kappa shape index (κ1) is 14.0. The van der Waals surface area contributed by atoms with Gasteiger partial charge in [-0.15, -0.1) is 0 Å². The zero-order chi connectivity index (χ0) is 13.4. The van der Waals surface area contributed by atoms with Gasteiger partial charge < -0.3 is 10.8 Å². The molecular weight excluding hydrogens is 230 g/mol. The number of para-hydroxylation sites is 1. The summed E-state index contributed by atoms with van der Waals surface area (Å²) in [6.45, 7) is 0. The van der Waals surface area contributed by atoms with Crippen LogP contribution in [0.2, 0.25) is 0 Å². The van der Waals surface area contributed by atoms with Crippen LogP contribution in [0.5, 0.6) is 0 Å². The van der Waals surface area contributed by atoms with Crippen molar-refractivity contribution in [2.75, 3.05) is 0 Å². The van der Waals surface area contributed by atoms with Gasteiger partial charge >= 0.3 is 0 Å². The first-order chi connectivity index (χ1) is 8.66. The van der Waals surface area contributed by atoms with E-state index in [1.807, 2.05) is 0 Å². The van der Waals surface area contributed by atoms with E-state index in [-0.39, 0.29) is 5.69 Å². The van der Waals surface area contributed by atoms with E-state index in [2.05, 4.69) is 0 Å². The third-order valence-electron chi connectivity index (χ3n) is 2.70. The number of rotatable bonds is 8. The first-order valence-corrected chi connectivity index (χ1v) is 5.97. The largest absolute Gasteiger partial charge is 0.313 e. The molecule has 1 aromatic carbocycles. The average Bonchev–Trinajstić information content (AvgIpc) is 2.38. The Morgan fingerprint density at radius 3 is 2.67 bits per heavy atom. The lowest BCUT2D eigenvalue weighted by Crippen LogP contribution is -2.03. The zero-order valence-electron chi connectivity index (χ0n) is 10.2. The molecule has 96 valence electrons. The predicted molar refractivity (Wildman–Crippen MR) is 71.8 cm³/mol. The fourth-order valence-corrected chi connectivity index (χ4v) is 1.75. The minimum absolute atomic E-state index is 0.00184. The molecule has 0 saturated carbocycles. The highest BCUT2D eigenvalue weighted by molar-refractivity contribution is 6.01. The number of nitrogens with one attached hydrogen (secondary N) is 2. The molecule has 0 heterocycles. The van der Waals surface area contributed by atoms with Gasteiger partial charge in [-0.25, -0.2) is 0 Å². The summed E-state index contributed by atoms with van der Waals surface area (Å²) in [7, 11) is 0. The summed E-state index contributed by atoms with van der Waals surface area (Å²) in [5.74, 6) is 0. The van der Waals surface area contributed by atoms with E-state index in [0.717, 1.165) is 25.7 Å². The van der Waals surface area contributed by atoms with Crippen LogP contribution >= 0.6 is 0 Å². The molecule has 0 atom stereocenters. The number of nitro groups is 1. The monoisotopic (exact) mass is 247 g/mol. The third kappa shape index (κ3) is 4.08. The van der Waals surface area contributed by atoms with Gasteiger partial charge in [0.1, 0.15) is 0 Å². The number of nitro benzene ring substituents is 1. The summed E-state index contributed by atoms with van der Waals surface area (Å²) in [6.07, 6.45) is 5.40. The third-order valence-corrected chi connectivity index (χ3v) is 2.70. The van der Waals surface area contributed by atoms with Crippen LogP contribution in [-0.2, 0) is 0 Å². The number of hydrogen-bond acceptors (Lipinski definition) is 4. The van der Waals surface area contributed by atoms with Crippen molar-refractivity contribution < 1.29 is 4.92 Å². The second kappa shape index (κ2) is 7.32. The molecule has 5 nitrogen and oxygen atoms in total. The molecule has 0 aliphatic rings. The Balaban J connectivity index is 2.56. The lowest BCUT2D eigenvalue weighted by atomic mass is 10.0. The van der Waals surface area contributed by atoms with Crippen molar-refractivity contribution >= 4 is 17.6 Å². The van der Waals surface area contributed by atoms with Gasteiger partial charge in [0.05, 0.1) is 10.5 Å². The van der Waals surface area contributed by atoms with E-state index in [1.165, 1.54) is 12.3 Å². The second-order valence-corrected chi connectivity index (χ2v) is 4.06. The van der Waals surface area contributed by atoms with Crippen LogP contribution in [-0.4, -0.2) is 16.8 Å².